The lowest BCUT2D eigenvalue weighted by Gasteiger charge is -2.31. The molecule has 0 saturated carbocycles. The Balaban J connectivity index is 2.42. The van der Waals surface area contributed by atoms with Crippen molar-refractivity contribution in [1.29, 1.82) is 0 Å². The van der Waals surface area contributed by atoms with Gasteiger partial charge in [-0.3, -0.25) is 13.9 Å². The fraction of sp³-hybridized carbons (Fsp3) is 0.364. The summed E-state index contributed by atoms with van der Waals surface area (Å²) < 4.78 is 52.6. The van der Waals surface area contributed by atoms with E-state index in [0.717, 1.165) is 23.3 Å². The minimum Gasteiger partial charge on any atom is -0.354 e. The second-order valence-electron chi connectivity index (χ2n) is 7.59. The van der Waals surface area contributed by atoms with E-state index in [0.29, 0.717) is 33.9 Å². The molecule has 0 aliphatic heterocycles. The smallest absolute Gasteiger partial charge is 0.244 e. The molecule has 186 valence electrons. The summed E-state index contributed by atoms with van der Waals surface area (Å²) in [5.74, 6) is -3.63. The van der Waals surface area contributed by atoms with Crippen LogP contribution in [-0.2, 0) is 26.2 Å². The summed E-state index contributed by atoms with van der Waals surface area (Å²) in [4.78, 5) is 27.1. The van der Waals surface area contributed by atoms with Crippen molar-refractivity contribution in [3.05, 3.63) is 63.6 Å². The summed E-state index contributed by atoms with van der Waals surface area (Å²) in [5, 5.41) is 3.33. The van der Waals surface area contributed by atoms with Crippen LogP contribution in [0.5, 0.6) is 0 Å². The Morgan fingerprint density at radius 2 is 1.76 bits per heavy atom. The number of hydrogen-bond donors (Lipinski definition) is 1. The first-order valence-electron chi connectivity index (χ1n) is 10.3. The number of carbonyl (C=O) groups is 2. The molecule has 0 radical (unpaired) electrons. The van der Waals surface area contributed by atoms with Gasteiger partial charge in [-0.2, -0.15) is 0 Å². The third-order valence-electron chi connectivity index (χ3n) is 4.94. The van der Waals surface area contributed by atoms with E-state index >= 15 is 0 Å². The highest BCUT2D eigenvalue weighted by Gasteiger charge is 2.30. The molecule has 0 bridgehead atoms. The summed E-state index contributed by atoms with van der Waals surface area (Å²) >= 11 is 12.2. The Hall–Kier alpha value is -2.43. The van der Waals surface area contributed by atoms with Gasteiger partial charge in [0.2, 0.25) is 21.8 Å². The average molecular weight is 536 g/mol. The standard InChI is InChI=1S/C22H25Cl2F2N3O4S/c1-4-9-27-22(31)14(2)28(12-15-5-6-16(23)10-18(15)24)21(30)13-29(34(3,32)33)17-7-8-19(25)20(26)11-17/h5-8,10-11,14H,4,9,12-13H2,1-3H3,(H,27,31)/t14-/m0/s1. The summed E-state index contributed by atoms with van der Waals surface area (Å²) in [6.07, 6.45) is 1.51. The molecule has 0 spiro atoms. The Morgan fingerprint density at radius 1 is 1.09 bits per heavy atom. The van der Waals surface area contributed by atoms with Crippen molar-refractivity contribution in [3.8, 4) is 0 Å². The number of nitrogens with zero attached hydrogens (tertiary/aromatic N) is 2. The van der Waals surface area contributed by atoms with Crippen LogP contribution >= 0.6 is 23.2 Å². The second-order valence-corrected chi connectivity index (χ2v) is 10.3. The molecule has 0 saturated heterocycles. The topological polar surface area (TPSA) is 86.8 Å². The Bertz CT molecular complexity index is 1160. The molecule has 2 amide bonds. The highest BCUT2D eigenvalue weighted by Crippen LogP contribution is 2.25. The van der Waals surface area contributed by atoms with Crippen LogP contribution in [0, 0.1) is 11.6 Å². The zero-order chi connectivity index (χ0) is 25.6. The van der Waals surface area contributed by atoms with Gasteiger partial charge in [0.25, 0.3) is 0 Å². The molecule has 0 unspecified atom stereocenters. The van der Waals surface area contributed by atoms with Crippen molar-refractivity contribution < 1.29 is 26.8 Å². The van der Waals surface area contributed by atoms with Gasteiger partial charge in [-0.05, 0) is 43.2 Å². The van der Waals surface area contributed by atoms with Crippen LogP contribution in [0.15, 0.2) is 36.4 Å². The zero-order valence-electron chi connectivity index (χ0n) is 18.8. The number of anilines is 1. The maximum atomic E-state index is 13.8. The van der Waals surface area contributed by atoms with E-state index in [1.54, 1.807) is 12.1 Å². The van der Waals surface area contributed by atoms with Gasteiger partial charge in [-0.15, -0.1) is 0 Å². The SMILES string of the molecule is CCCNC(=O)[C@H](C)N(Cc1ccc(Cl)cc1Cl)C(=O)CN(c1ccc(F)c(F)c1)S(C)(=O)=O. The normalized spacial score (nSPS) is 12.2. The fourth-order valence-electron chi connectivity index (χ4n) is 3.07. The van der Waals surface area contributed by atoms with Gasteiger partial charge >= 0.3 is 0 Å². The fourth-order valence-corrected chi connectivity index (χ4v) is 4.38. The molecule has 2 rings (SSSR count). The monoisotopic (exact) mass is 535 g/mol. The largest absolute Gasteiger partial charge is 0.354 e. The van der Waals surface area contributed by atoms with Crippen molar-refractivity contribution in [2.45, 2.75) is 32.9 Å². The maximum Gasteiger partial charge on any atom is 0.244 e. The minimum absolute atomic E-state index is 0.120. The van der Waals surface area contributed by atoms with Crippen LogP contribution in [0.25, 0.3) is 0 Å². The van der Waals surface area contributed by atoms with Crippen LogP contribution in [0.4, 0.5) is 14.5 Å². The molecule has 1 atom stereocenters. The lowest BCUT2D eigenvalue weighted by Crippen LogP contribution is -2.51. The third kappa shape index (κ3) is 7.28. The predicted molar refractivity (Wildman–Crippen MR) is 128 cm³/mol. The molecule has 0 aliphatic rings. The molecule has 2 aromatic carbocycles. The minimum atomic E-state index is -4.07. The van der Waals surface area contributed by atoms with Crippen molar-refractivity contribution in [2.24, 2.45) is 0 Å². The van der Waals surface area contributed by atoms with E-state index in [4.69, 9.17) is 23.2 Å². The third-order valence-corrected chi connectivity index (χ3v) is 6.67. The summed E-state index contributed by atoms with van der Waals surface area (Å²) in [5.41, 5.74) is 0.246. The van der Waals surface area contributed by atoms with E-state index in [2.05, 4.69) is 5.32 Å². The summed E-state index contributed by atoms with van der Waals surface area (Å²) in [7, 11) is -4.07. The predicted octanol–water partition coefficient (Wildman–Crippen LogP) is 3.98. The van der Waals surface area contributed by atoms with Gasteiger partial charge in [0.15, 0.2) is 11.6 Å². The molecule has 0 aliphatic carbocycles. The van der Waals surface area contributed by atoms with E-state index in [1.165, 1.54) is 13.0 Å². The van der Waals surface area contributed by atoms with Crippen molar-refractivity contribution >= 4 is 50.7 Å². The van der Waals surface area contributed by atoms with Crippen LogP contribution < -0.4 is 9.62 Å². The first kappa shape index (κ1) is 27.8. The number of halogens is 4. The highest BCUT2D eigenvalue weighted by molar-refractivity contribution is 7.92. The van der Waals surface area contributed by atoms with Crippen LogP contribution in [0.3, 0.4) is 0 Å². The molecule has 0 aromatic heterocycles. The molecule has 0 fully saturated rings. The van der Waals surface area contributed by atoms with Crippen molar-refractivity contribution in [3.63, 3.8) is 0 Å². The van der Waals surface area contributed by atoms with Gasteiger partial charge in [-0.1, -0.05) is 36.2 Å². The van der Waals surface area contributed by atoms with Gasteiger partial charge in [0.1, 0.15) is 12.6 Å². The molecule has 34 heavy (non-hydrogen) atoms. The molecular weight excluding hydrogens is 511 g/mol. The van der Waals surface area contributed by atoms with Gasteiger partial charge < -0.3 is 10.2 Å². The molecule has 0 heterocycles. The first-order valence-corrected chi connectivity index (χ1v) is 12.9. The van der Waals surface area contributed by atoms with Crippen molar-refractivity contribution in [1.82, 2.24) is 10.2 Å². The number of rotatable bonds is 10. The lowest BCUT2D eigenvalue weighted by atomic mass is 10.1. The number of sulfonamides is 1. The maximum absolute atomic E-state index is 13.8. The summed E-state index contributed by atoms with van der Waals surface area (Å²) in [6, 6.07) is 6.14. The van der Waals surface area contributed by atoms with Gasteiger partial charge in [-0.25, -0.2) is 17.2 Å². The molecular formula is C22H25Cl2F2N3O4S. The van der Waals surface area contributed by atoms with Crippen LogP contribution in [-0.4, -0.2) is 50.5 Å². The van der Waals surface area contributed by atoms with Crippen molar-refractivity contribution in [2.75, 3.05) is 23.7 Å². The van der Waals surface area contributed by atoms with Gasteiger partial charge in [0, 0.05) is 29.2 Å². The number of nitrogens with one attached hydrogen (secondary N) is 1. The number of amides is 2. The Kier molecular flexibility index (Phi) is 9.66. The van der Waals surface area contributed by atoms with Crippen LogP contribution in [0.2, 0.25) is 10.0 Å². The van der Waals surface area contributed by atoms with Gasteiger partial charge in [0.05, 0.1) is 11.9 Å². The average Bonchev–Trinajstić information content (AvgIpc) is 2.75. The Morgan fingerprint density at radius 3 is 2.32 bits per heavy atom. The molecule has 2 aromatic rings. The number of hydrogen-bond acceptors (Lipinski definition) is 4. The van der Waals surface area contributed by atoms with Crippen LogP contribution in [0.1, 0.15) is 25.8 Å². The van der Waals surface area contributed by atoms with E-state index < -0.39 is 46.1 Å². The first-order chi connectivity index (χ1) is 15.8. The zero-order valence-corrected chi connectivity index (χ0v) is 21.1. The quantitative estimate of drug-likeness (QED) is 0.498. The molecule has 1 N–H and O–H groups in total. The molecule has 7 nitrogen and oxygen atoms in total. The molecule has 12 heteroatoms. The highest BCUT2D eigenvalue weighted by atomic mass is 35.5. The second kappa shape index (κ2) is 11.8. The number of benzene rings is 2. The Labute approximate surface area is 207 Å². The van der Waals surface area contributed by atoms with E-state index in [-0.39, 0.29) is 17.3 Å². The lowest BCUT2D eigenvalue weighted by molar-refractivity contribution is -0.139. The number of carbonyl (C=O) groups excluding carboxylic acids is 2. The summed E-state index contributed by atoms with van der Waals surface area (Å²) in [6.45, 7) is 2.88. The van der Waals surface area contributed by atoms with E-state index in [1.807, 2.05) is 6.92 Å². The van der Waals surface area contributed by atoms with E-state index in [9.17, 15) is 26.8 Å².